The lowest BCUT2D eigenvalue weighted by molar-refractivity contribution is 0.0704. The van der Waals surface area contributed by atoms with Gasteiger partial charge in [-0.1, -0.05) is 18.2 Å². The van der Waals surface area contributed by atoms with Gasteiger partial charge in [0.05, 0.1) is 35.2 Å². The van der Waals surface area contributed by atoms with Crippen molar-refractivity contribution in [3.05, 3.63) is 65.9 Å². The lowest BCUT2D eigenvalue weighted by atomic mass is 10.1. The number of likely N-dealkylation sites (N-methyl/N-ethyl adjacent to an activating group) is 1. The topological polar surface area (TPSA) is 85.8 Å². The minimum atomic E-state index is -0.650. The van der Waals surface area contributed by atoms with Gasteiger partial charge < -0.3 is 15.4 Å². The van der Waals surface area contributed by atoms with Crippen molar-refractivity contribution in [2.75, 3.05) is 19.4 Å². The molecular weight excluding hydrogens is 361 g/mol. The van der Waals surface area contributed by atoms with Crippen LogP contribution in [-0.4, -0.2) is 38.8 Å². The molecular formula is C20H16FN5O2. The van der Waals surface area contributed by atoms with Gasteiger partial charge in [0.15, 0.2) is 0 Å². The third-order valence-corrected chi connectivity index (χ3v) is 5.16. The summed E-state index contributed by atoms with van der Waals surface area (Å²) in [5.41, 5.74) is 8.29. The van der Waals surface area contributed by atoms with Crippen LogP contribution in [0.2, 0.25) is 0 Å². The van der Waals surface area contributed by atoms with Crippen LogP contribution in [0.3, 0.4) is 0 Å². The monoisotopic (exact) mass is 377 g/mol. The number of amides is 1. The first kappa shape index (κ1) is 16.5. The molecule has 4 aromatic rings. The van der Waals surface area contributed by atoms with E-state index in [1.165, 1.54) is 17.0 Å². The average molecular weight is 377 g/mol. The Bertz CT molecular complexity index is 1250. The zero-order chi connectivity index (χ0) is 19.4. The number of hydrogen-bond donors (Lipinski definition) is 1. The highest BCUT2D eigenvalue weighted by Gasteiger charge is 2.31. The van der Waals surface area contributed by atoms with Gasteiger partial charge in [-0.2, -0.15) is 0 Å². The van der Waals surface area contributed by atoms with Gasteiger partial charge >= 0.3 is 0 Å². The summed E-state index contributed by atoms with van der Waals surface area (Å²) in [4.78, 5) is 22.9. The summed E-state index contributed by atoms with van der Waals surface area (Å²) in [5, 5.41) is 0. The van der Waals surface area contributed by atoms with Crippen LogP contribution < -0.4 is 10.5 Å². The predicted molar refractivity (Wildman–Crippen MR) is 102 cm³/mol. The third-order valence-electron chi connectivity index (χ3n) is 5.16. The molecule has 28 heavy (non-hydrogen) atoms. The fourth-order valence-electron chi connectivity index (χ4n) is 3.66. The number of carbonyl (C=O) groups excluding carboxylic acids is 1. The normalized spacial score (nSPS) is 15.6. The fraction of sp³-hybridized carbons (Fsp3) is 0.150. The summed E-state index contributed by atoms with van der Waals surface area (Å²) >= 11 is 0. The number of nitrogens with zero attached hydrogens (tertiary/aromatic N) is 4. The van der Waals surface area contributed by atoms with E-state index in [4.69, 9.17) is 10.5 Å². The van der Waals surface area contributed by atoms with Gasteiger partial charge in [-0.3, -0.25) is 9.20 Å². The van der Waals surface area contributed by atoms with E-state index in [2.05, 4.69) is 9.97 Å². The highest BCUT2D eigenvalue weighted by atomic mass is 19.1. The van der Waals surface area contributed by atoms with E-state index in [9.17, 15) is 9.18 Å². The number of imidazole rings is 1. The van der Waals surface area contributed by atoms with Gasteiger partial charge in [-0.05, 0) is 12.1 Å². The number of fused-ring (bicyclic) bond motifs is 4. The minimum absolute atomic E-state index is 0.0408. The Morgan fingerprint density at radius 2 is 2.14 bits per heavy atom. The molecule has 140 valence electrons. The molecule has 1 atom stereocenters. The molecule has 7 nitrogen and oxygen atoms in total. The van der Waals surface area contributed by atoms with E-state index >= 15 is 0 Å². The SMILES string of the molecule is CN(C(=O)c1cc2c(cc1F)nc(N)c1cncn12)C1COc2ccccc21. The summed E-state index contributed by atoms with van der Waals surface area (Å²) in [6, 6.07) is 9.97. The number of nitrogens with two attached hydrogens (primary N) is 1. The molecule has 1 unspecified atom stereocenters. The van der Waals surface area contributed by atoms with Gasteiger partial charge in [0.2, 0.25) is 0 Å². The molecule has 0 fully saturated rings. The van der Waals surface area contributed by atoms with E-state index in [1.54, 1.807) is 24.0 Å². The molecule has 2 N–H and O–H groups in total. The van der Waals surface area contributed by atoms with Crippen molar-refractivity contribution in [3.63, 3.8) is 0 Å². The summed E-state index contributed by atoms with van der Waals surface area (Å²) in [7, 11) is 1.65. The Morgan fingerprint density at radius 3 is 3.00 bits per heavy atom. The largest absolute Gasteiger partial charge is 0.491 e. The molecule has 0 bridgehead atoms. The van der Waals surface area contributed by atoms with Crippen LogP contribution >= 0.6 is 0 Å². The highest BCUT2D eigenvalue weighted by Crippen LogP contribution is 2.36. The summed E-state index contributed by atoms with van der Waals surface area (Å²) in [5.74, 6) is -0.0936. The maximum Gasteiger partial charge on any atom is 0.257 e. The minimum Gasteiger partial charge on any atom is -0.491 e. The van der Waals surface area contributed by atoms with E-state index in [0.717, 1.165) is 11.3 Å². The smallest absolute Gasteiger partial charge is 0.257 e. The van der Waals surface area contributed by atoms with Crippen molar-refractivity contribution in [2.45, 2.75) is 6.04 Å². The van der Waals surface area contributed by atoms with E-state index in [0.29, 0.717) is 23.2 Å². The Hall–Kier alpha value is -3.68. The average Bonchev–Trinajstić information content (AvgIpc) is 3.34. The molecule has 0 aliphatic carbocycles. The molecule has 2 aromatic heterocycles. The lowest BCUT2D eigenvalue weighted by Gasteiger charge is -2.24. The molecule has 2 aromatic carbocycles. The molecule has 8 heteroatoms. The molecule has 1 aliphatic heterocycles. The first-order valence-electron chi connectivity index (χ1n) is 8.74. The van der Waals surface area contributed by atoms with E-state index in [-0.39, 0.29) is 17.4 Å². The Morgan fingerprint density at radius 1 is 1.32 bits per heavy atom. The summed E-state index contributed by atoms with van der Waals surface area (Å²) in [6.07, 6.45) is 3.14. The van der Waals surface area contributed by atoms with Crippen molar-refractivity contribution in [3.8, 4) is 5.75 Å². The van der Waals surface area contributed by atoms with Gasteiger partial charge in [-0.25, -0.2) is 14.4 Å². The molecule has 1 amide bonds. The second-order valence-corrected chi connectivity index (χ2v) is 6.75. The van der Waals surface area contributed by atoms with Crippen LogP contribution in [-0.2, 0) is 0 Å². The first-order valence-corrected chi connectivity index (χ1v) is 8.74. The van der Waals surface area contributed by atoms with Gasteiger partial charge in [0.25, 0.3) is 5.91 Å². The molecule has 0 spiro atoms. The molecule has 5 rings (SSSR count). The standard InChI is InChI=1S/C20H16FN5O2/c1-25(17-9-28-18-5-3-2-4-11(17)18)20(27)12-6-15-14(7-13(12)21)24-19(22)16-8-23-10-26(15)16/h2-8,10,17H,9H2,1H3,(H2,22,24). The zero-order valence-corrected chi connectivity index (χ0v) is 15.0. The highest BCUT2D eigenvalue weighted by molar-refractivity contribution is 5.98. The Balaban J connectivity index is 1.60. The number of carbonyl (C=O) groups is 1. The second kappa shape index (κ2) is 5.91. The lowest BCUT2D eigenvalue weighted by Crippen LogP contribution is -2.32. The van der Waals surface area contributed by atoms with Crippen LogP contribution in [0.4, 0.5) is 10.2 Å². The third kappa shape index (κ3) is 2.31. The molecule has 0 saturated carbocycles. The van der Waals surface area contributed by atoms with Crippen molar-refractivity contribution in [1.29, 1.82) is 0 Å². The number of nitrogen functional groups attached to an aromatic ring is 1. The number of para-hydroxylation sites is 1. The van der Waals surface area contributed by atoms with Crippen LogP contribution in [0.5, 0.6) is 5.75 Å². The number of ether oxygens (including phenoxy) is 1. The van der Waals surface area contributed by atoms with Crippen LogP contribution in [0.1, 0.15) is 22.0 Å². The van der Waals surface area contributed by atoms with Gasteiger partial charge in [0, 0.05) is 18.7 Å². The number of halogens is 1. The maximum atomic E-state index is 14.8. The maximum absolute atomic E-state index is 14.8. The van der Waals surface area contributed by atoms with Crippen LogP contribution in [0.15, 0.2) is 48.9 Å². The number of rotatable bonds is 2. The second-order valence-electron chi connectivity index (χ2n) is 6.75. The Labute approximate surface area is 159 Å². The molecule has 1 aliphatic rings. The number of hydrogen-bond acceptors (Lipinski definition) is 5. The predicted octanol–water partition coefficient (Wildman–Crippen LogP) is 2.81. The quantitative estimate of drug-likeness (QED) is 0.581. The van der Waals surface area contributed by atoms with E-state index < -0.39 is 11.7 Å². The van der Waals surface area contributed by atoms with Crippen molar-refractivity contribution in [1.82, 2.24) is 19.3 Å². The fourth-order valence-corrected chi connectivity index (χ4v) is 3.66. The van der Waals surface area contributed by atoms with Crippen molar-refractivity contribution in [2.24, 2.45) is 0 Å². The number of benzene rings is 2. The van der Waals surface area contributed by atoms with E-state index in [1.807, 2.05) is 24.3 Å². The van der Waals surface area contributed by atoms with Crippen LogP contribution in [0, 0.1) is 5.82 Å². The molecule has 3 heterocycles. The zero-order valence-electron chi connectivity index (χ0n) is 15.0. The van der Waals surface area contributed by atoms with Crippen molar-refractivity contribution < 1.29 is 13.9 Å². The number of anilines is 1. The van der Waals surface area contributed by atoms with Crippen molar-refractivity contribution >= 4 is 28.3 Å². The summed E-state index contributed by atoms with van der Waals surface area (Å²) in [6.45, 7) is 0.334. The number of aromatic nitrogens is 3. The summed E-state index contributed by atoms with van der Waals surface area (Å²) < 4.78 is 22.1. The van der Waals surface area contributed by atoms with Crippen LogP contribution in [0.25, 0.3) is 16.6 Å². The Kier molecular flexibility index (Phi) is 3.48. The van der Waals surface area contributed by atoms with Gasteiger partial charge in [-0.15, -0.1) is 0 Å². The molecule has 0 saturated heterocycles. The molecule has 0 radical (unpaired) electrons. The first-order chi connectivity index (χ1) is 13.5. The van der Waals surface area contributed by atoms with Gasteiger partial charge in [0.1, 0.15) is 29.5 Å².